The average Bonchev–Trinajstić information content (AvgIpc) is 2.87. The summed E-state index contributed by atoms with van der Waals surface area (Å²) in [7, 11) is 1.90. The van der Waals surface area contributed by atoms with Crippen molar-refractivity contribution in [1.29, 1.82) is 0 Å². The molecule has 1 heterocycles. The topological polar surface area (TPSA) is 44.4 Å². The van der Waals surface area contributed by atoms with Crippen molar-refractivity contribution in [1.82, 2.24) is 10.4 Å². The quantitative estimate of drug-likeness (QED) is 0.882. The molecule has 0 saturated carbocycles. The largest absolute Gasteiger partial charge is 0.322 e. The lowest BCUT2D eigenvalue weighted by molar-refractivity contribution is -0.113. The molecular weight excluding hydrogens is 274 g/mol. The van der Waals surface area contributed by atoms with Gasteiger partial charge in [-0.15, -0.1) is 0 Å². The zero-order valence-electron chi connectivity index (χ0n) is 14.0. The summed E-state index contributed by atoms with van der Waals surface area (Å²) in [5.41, 5.74) is 7.76. The third kappa shape index (κ3) is 2.41. The molecule has 0 saturated heterocycles. The number of amides is 1. The number of hydrogen-bond acceptors (Lipinski definition) is 3. The van der Waals surface area contributed by atoms with E-state index < -0.39 is 0 Å². The lowest BCUT2D eigenvalue weighted by Crippen LogP contribution is -2.33. The summed E-state index contributed by atoms with van der Waals surface area (Å²) in [5.74, 6) is 0.451. The molecule has 2 unspecified atom stereocenters. The minimum atomic E-state index is -0.0188. The van der Waals surface area contributed by atoms with Gasteiger partial charge in [0.1, 0.15) is 0 Å². The van der Waals surface area contributed by atoms with Gasteiger partial charge in [-0.05, 0) is 41.9 Å². The van der Waals surface area contributed by atoms with Crippen molar-refractivity contribution in [3.63, 3.8) is 0 Å². The molecule has 22 heavy (non-hydrogen) atoms. The normalized spacial score (nSPS) is 25.9. The van der Waals surface area contributed by atoms with Crippen LogP contribution in [0.5, 0.6) is 0 Å². The Morgan fingerprint density at radius 2 is 2.09 bits per heavy atom. The lowest BCUT2D eigenvalue weighted by Gasteiger charge is -2.19. The van der Waals surface area contributed by atoms with E-state index in [1.807, 2.05) is 37.3 Å². The molecule has 2 aliphatic rings. The molecule has 4 heteroatoms. The van der Waals surface area contributed by atoms with E-state index in [0.29, 0.717) is 5.92 Å². The van der Waals surface area contributed by atoms with Gasteiger partial charge in [0.25, 0.3) is 5.91 Å². The molecule has 0 fully saturated rings. The first-order chi connectivity index (χ1) is 10.3. The monoisotopic (exact) mass is 299 g/mol. The Balaban J connectivity index is 1.90. The molecule has 1 amide bonds. The second kappa shape index (κ2) is 5.13. The van der Waals surface area contributed by atoms with Crippen LogP contribution in [-0.4, -0.2) is 24.0 Å². The lowest BCUT2D eigenvalue weighted by atomic mass is 9.86. The maximum Gasteiger partial charge on any atom is 0.254 e. The maximum absolute atomic E-state index is 12.6. The smallest absolute Gasteiger partial charge is 0.254 e. The first kappa shape index (κ1) is 15.1. The van der Waals surface area contributed by atoms with Crippen LogP contribution >= 0.6 is 0 Å². The van der Waals surface area contributed by atoms with Gasteiger partial charge in [0.05, 0.1) is 11.6 Å². The third-order valence-corrected chi connectivity index (χ3v) is 4.85. The van der Waals surface area contributed by atoms with Crippen LogP contribution in [0.2, 0.25) is 0 Å². The minimum Gasteiger partial charge on any atom is -0.322 e. The van der Waals surface area contributed by atoms with Gasteiger partial charge in [-0.25, -0.2) is 5.43 Å². The Hall–Kier alpha value is -1.81. The summed E-state index contributed by atoms with van der Waals surface area (Å²) in [6.07, 6.45) is 2.98. The first-order valence-electron chi connectivity index (χ1n) is 7.95. The summed E-state index contributed by atoms with van der Waals surface area (Å²) in [4.78, 5) is 12.6. The van der Waals surface area contributed by atoms with Gasteiger partial charge in [0.15, 0.2) is 0 Å². The molecule has 4 nitrogen and oxygen atoms in total. The van der Waals surface area contributed by atoms with Gasteiger partial charge >= 0.3 is 0 Å². The number of fused-ring (bicyclic) bond motifs is 1. The molecule has 2 atom stereocenters. The number of hydrogen-bond donors (Lipinski definition) is 2. The van der Waals surface area contributed by atoms with Crippen molar-refractivity contribution in [2.24, 2.45) is 0 Å². The van der Waals surface area contributed by atoms with E-state index in [-0.39, 0.29) is 17.4 Å². The maximum atomic E-state index is 12.6. The van der Waals surface area contributed by atoms with Crippen LogP contribution in [0.15, 0.2) is 30.0 Å². The van der Waals surface area contributed by atoms with Crippen molar-refractivity contribution >= 4 is 11.6 Å². The molecule has 3 rings (SSSR count). The molecule has 0 bridgehead atoms. The van der Waals surface area contributed by atoms with Crippen LogP contribution in [0.3, 0.4) is 0 Å². The first-order valence-corrected chi connectivity index (χ1v) is 7.95. The Morgan fingerprint density at radius 3 is 2.73 bits per heavy atom. The Labute approximate surface area is 132 Å². The van der Waals surface area contributed by atoms with Crippen LogP contribution in [0.4, 0.5) is 5.69 Å². The van der Waals surface area contributed by atoms with Crippen molar-refractivity contribution in [3.05, 3.63) is 41.1 Å². The predicted octanol–water partition coefficient (Wildman–Crippen LogP) is 3.13. The van der Waals surface area contributed by atoms with Crippen LogP contribution in [0.25, 0.3) is 0 Å². The van der Waals surface area contributed by atoms with Gasteiger partial charge in [-0.3, -0.25) is 4.79 Å². The van der Waals surface area contributed by atoms with Crippen LogP contribution in [-0.2, 0) is 10.2 Å². The van der Waals surface area contributed by atoms with E-state index in [1.54, 1.807) is 0 Å². The number of anilines is 1. The average molecular weight is 299 g/mol. The third-order valence-electron chi connectivity index (χ3n) is 4.85. The highest BCUT2D eigenvalue weighted by molar-refractivity contribution is 6.05. The fraction of sp³-hybridized carbons (Fsp3) is 0.500. The number of hydrazine groups is 1. The fourth-order valence-electron chi connectivity index (χ4n) is 3.96. The standard InChI is InChI=1S/C18H25N3O/c1-11-9-18(3,4)14-7-6-8-15(16(11)14)19-17(22)13-10-21(5)20-12(13)2/h6-8,10-12,20H,9H2,1-5H3,(H,19,22). The predicted molar refractivity (Wildman–Crippen MR) is 89.6 cm³/mol. The van der Waals surface area contributed by atoms with Crippen molar-refractivity contribution in [2.75, 3.05) is 12.4 Å². The zero-order valence-corrected chi connectivity index (χ0v) is 14.0. The number of rotatable bonds is 2. The SMILES string of the molecule is CC1NN(C)C=C1C(=O)Nc1cccc2c1C(C)CC2(C)C. The van der Waals surface area contributed by atoms with Crippen LogP contribution < -0.4 is 10.7 Å². The second-order valence-electron chi connectivity index (χ2n) is 7.26. The zero-order chi connectivity index (χ0) is 16.1. The Kier molecular flexibility index (Phi) is 3.52. The number of carbonyl (C=O) groups is 1. The molecule has 0 aromatic heterocycles. The Bertz CT molecular complexity index is 648. The van der Waals surface area contributed by atoms with Crippen molar-refractivity contribution in [2.45, 2.75) is 51.5 Å². The van der Waals surface area contributed by atoms with E-state index >= 15 is 0 Å². The summed E-state index contributed by atoms with van der Waals surface area (Å²) in [6, 6.07) is 6.30. The summed E-state index contributed by atoms with van der Waals surface area (Å²) in [5, 5.41) is 4.96. The molecular formula is C18H25N3O. The van der Waals surface area contributed by atoms with Gasteiger partial charge < -0.3 is 10.3 Å². The fourth-order valence-corrected chi connectivity index (χ4v) is 3.96. The molecule has 1 aromatic carbocycles. The van der Waals surface area contributed by atoms with Gasteiger partial charge in [0, 0.05) is 18.9 Å². The van der Waals surface area contributed by atoms with Crippen LogP contribution in [0.1, 0.15) is 51.2 Å². The van der Waals surface area contributed by atoms with E-state index in [9.17, 15) is 4.79 Å². The highest BCUT2D eigenvalue weighted by Crippen LogP contribution is 2.48. The molecule has 1 aliphatic carbocycles. The van der Waals surface area contributed by atoms with Crippen LogP contribution in [0, 0.1) is 0 Å². The van der Waals surface area contributed by atoms with E-state index in [2.05, 4.69) is 37.6 Å². The number of nitrogens with one attached hydrogen (secondary N) is 2. The summed E-state index contributed by atoms with van der Waals surface area (Å²) < 4.78 is 0. The van der Waals surface area contributed by atoms with E-state index in [1.165, 1.54) is 11.1 Å². The van der Waals surface area contributed by atoms with Gasteiger partial charge in [-0.1, -0.05) is 32.9 Å². The highest BCUT2D eigenvalue weighted by atomic mass is 16.1. The highest BCUT2D eigenvalue weighted by Gasteiger charge is 2.36. The van der Waals surface area contributed by atoms with Gasteiger partial charge in [-0.2, -0.15) is 0 Å². The van der Waals surface area contributed by atoms with E-state index in [0.717, 1.165) is 17.7 Å². The molecule has 0 spiro atoms. The second-order valence-corrected chi connectivity index (χ2v) is 7.26. The number of carbonyl (C=O) groups excluding carboxylic acids is 1. The van der Waals surface area contributed by atoms with E-state index in [4.69, 9.17) is 0 Å². The van der Waals surface area contributed by atoms with Gasteiger partial charge in [0.2, 0.25) is 0 Å². The molecule has 1 aliphatic heterocycles. The molecule has 118 valence electrons. The Morgan fingerprint density at radius 1 is 1.36 bits per heavy atom. The molecule has 2 N–H and O–H groups in total. The minimum absolute atomic E-state index is 0.0188. The summed E-state index contributed by atoms with van der Waals surface area (Å²) in [6.45, 7) is 8.80. The molecule has 1 aromatic rings. The molecule has 0 radical (unpaired) electrons. The van der Waals surface area contributed by atoms with Crippen molar-refractivity contribution in [3.8, 4) is 0 Å². The number of benzene rings is 1. The number of nitrogens with zero attached hydrogens (tertiary/aromatic N) is 1. The summed E-state index contributed by atoms with van der Waals surface area (Å²) >= 11 is 0. The van der Waals surface area contributed by atoms with Crippen molar-refractivity contribution < 1.29 is 4.79 Å².